The summed E-state index contributed by atoms with van der Waals surface area (Å²) in [6.07, 6.45) is 1.96. The average Bonchev–Trinajstić information content (AvgIpc) is 2.36. The minimum atomic E-state index is 0.0406. The average molecular weight is 235 g/mol. The summed E-state index contributed by atoms with van der Waals surface area (Å²) in [5.41, 5.74) is 3.56. The minimum absolute atomic E-state index is 0.0406. The van der Waals surface area contributed by atoms with E-state index in [-0.39, 0.29) is 6.10 Å². The summed E-state index contributed by atoms with van der Waals surface area (Å²) in [5.74, 6) is 0.854. The summed E-state index contributed by atoms with van der Waals surface area (Å²) in [6, 6.07) is 0. The standard InChI is InChI=1S/C13H21N3O/c1-4-12(17-5-2)13-15-9(3)10-8-14-7-6-11(10)16-13/h12,14H,4-8H2,1-3H3. The van der Waals surface area contributed by atoms with Crippen molar-refractivity contribution in [3.63, 3.8) is 0 Å². The molecular formula is C13H21N3O. The highest BCUT2D eigenvalue weighted by Crippen LogP contribution is 2.21. The summed E-state index contributed by atoms with van der Waals surface area (Å²) in [5, 5.41) is 3.36. The predicted octanol–water partition coefficient (Wildman–Crippen LogP) is 1.92. The topological polar surface area (TPSA) is 47.0 Å². The second-order valence-corrected chi connectivity index (χ2v) is 4.37. The van der Waals surface area contributed by atoms with E-state index < -0.39 is 0 Å². The number of nitrogens with zero attached hydrogens (tertiary/aromatic N) is 2. The zero-order valence-electron chi connectivity index (χ0n) is 10.9. The van der Waals surface area contributed by atoms with Crippen molar-refractivity contribution in [2.24, 2.45) is 0 Å². The molecule has 0 aromatic carbocycles. The van der Waals surface area contributed by atoms with Crippen molar-refractivity contribution in [1.82, 2.24) is 15.3 Å². The lowest BCUT2D eigenvalue weighted by molar-refractivity contribution is 0.0531. The van der Waals surface area contributed by atoms with E-state index in [1.807, 2.05) is 6.92 Å². The van der Waals surface area contributed by atoms with Crippen molar-refractivity contribution in [2.45, 2.75) is 46.3 Å². The maximum atomic E-state index is 5.68. The van der Waals surface area contributed by atoms with E-state index in [1.54, 1.807) is 0 Å². The largest absolute Gasteiger partial charge is 0.371 e. The van der Waals surface area contributed by atoms with Crippen LogP contribution < -0.4 is 5.32 Å². The molecule has 4 nitrogen and oxygen atoms in total. The molecule has 1 atom stereocenters. The molecule has 0 saturated heterocycles. The summed E-state index contributed by atoms with van der Waals surface area (Å²) in [4.78, 5) is 9.29. The summed E-state index contributed by atoms with van der Waals surface area (Å²) in [7, 11) is 0. The van der Waals surface area contributed by atoms with Gasteiger partial charge in [-0.25, -0.2) is 9.97 Å². The molecule has 0 spiro atoms. The van der Waals surface area contributed by atoms with Crippen LogP contribution in [-0.4, -0.2) is 23.1 Å². The van der Waals surface area contributed by atoms with Gasteiger partial charge in [0, 0.05) is 37.4 Å². The molecule has 1 aromatic rings. The normalized spacial score (nSPS) is 16.6. The molecule has 0 bridgehead atoms. The highest BCUT2D eigenvalue weighted by Gasteiger charge is 2.19. The molecule has 0 saturated carbocycles. The van der Waals surface area contributed by atoms with E-state index in [0.717, 1.165) is 37.4 Å². The first-order valence-electron chi connectivity index (χ1n) is 6.44. The highest BCUT2D eigenvalue weighted by molar-refractivity contribution is 5.27. The Balaban J connectivity index is 2.32. The van der Waals surface area contributed by atoms with Gasteiger partial charge in [0.1, 0.15) is 6.10 Å². The molecule has 2 rings (SSSR count). The van der Waals surface area contributed by atoms with Gasteiger partial charge in [0.25, 0.3) is 0 Å². The van der Waals surface area contributed by atoms with Crippen LogP contribution >= 0.6 is 0 Å². The summed E-state index contributed by atoms with van der Waals surface area (Å²) < 4.78 is 5.68. The van der Waals surface area contributed by atoms with Gasteiger partial charge in [0.15, 0.2) is 5.82 Å². The fourth-order valence-electron chi connectivity index (χ4n) is 2.26. The Bertz CT molecular complexity index is 392. The number of aryl methyl sites for hydroxylation is 1. The lowest BCUT2D eigenvalue weighted by Gasteiger charge is -2.21. The Morgan fingerprint density at radius 1 is 1.35 bits per heavy atom. The Morgan fingerprint density at radius 3 is 2.88 bits per heavy atom. The van der Waals surface area contributed by atoms with Crippen molar-refractivity contribution < 1.29 is 4.74 Å². The molecule has 0 radical (unpaired) electrons. The van der Waals surface area contributed by atoms with E-state index in [1.165, 1.54) is 11.3 Å². The lowest BCUT2D eigenvalue weighted by atomic mass is 10.1. The second kappa shape index (κ2) is 5.56. The van der Waals surface area contributed by atoms with Crippen LogP contribution in [0.15, 0.2) is 0 Å². The van der Waals surface area contributed by atoms with E-state index in [0.29, 0.717) is 6.61 Å². The van der Waals surface area contributed by atoms with Crippen molar-refractivity contribution in [3.8, 4) is 0 Å². The lowest BCUT2D eigenvalue weighted by Crippen LogP contribution is -2.27. The third-order valence-corrected chi connectivity index (χ3v) is 3.18. The predicted molar refractivity (Wildman–Crippen MR) is 66.8 cm³/mol. The molecular weight excluding hydrogens is 214 g/mol. The third-order valence-electron chi connectivity index (χ3n) is 3.18. The van der Waals surface area contributed by atoms with Gasteiger partial charge in [-0.2, -0.15) is 0 Å². The minimum Gasteiger partial charge on any atom is -0.371 e. The van der Waals surface area contributed by atoms with Gasteiger partial charge in [-0.3, -0.25) is 0 Å². The number of nitrogens with one attached hydrogen (secondary N) is 1. The van der Waals surface area contributed by atoms with Gasteiger partial charge in [-0.15, -0.1) is 0 Å². The van der Waals surface area contributed by atoms with Gasteiger partial charge in [-0.05, 0) is 20.3 Å². The van der Waals surface area contributed by atoms with Crippen LogP contribution in [0, 0.1) is 6.92 Å². The molecule has 1 aliphatic rings. The third kappa shape index (κ3) is 2.64. The van der Waals surface area contributed by atoms with E-state index in [4.69, 9.17) is 4.74 Å². The maximum absolute atomic E-state index is 5.68. The van der Waals surface area contributed by atoms with Crippen molar-refractivity contribution >= 4 is 0 Å². The van der Waals surface area contributed by atoms with Gasteiger partial charge in [-0.1, -0.05) is 6.92 Å². The first-order valence-corrected chi connectivity index (χ1v) is 6.44. The van der Waals surface area contributed by atoms with Crippen molar-refractivity contribution in [1.29, 1.82) is 0 Å². The Labute approximate surface area is 103 Å². The summed E-state index contributed by atoms with van der Waals surface area (Å²) in [6.45, 7) is 8.80. The maximum Gasteiger partial charge on any atom is 0.157 e. The van der Waals surface area contributed by atoms with Crippen molar-refractivity contribution in [3.05, 3.63) is 22.8 Å². The Hall–Kier alpha value is -1.00. The number of aromatic nitrogens is 2. The number of hydrogen-bond donors (Lipinski definition) is 1. The molecule has 0 amide bonds. The van der Waals surface area contributed by atoms with Gasteiger partial charge in [0.05, 0.1) is 5.69 Å². The molecule has 17 heavy (non-hydrogen) atoms. The van der Waals surface area contributed by atoms with Crippen molar-refractivity contribution in [2.75, 3.05) is 13.2 Å². The van der Waals surface area contributed by atoms with Gasteiger partial charge >= 0.3 is 0 Å². The van der Waals surface area contributed by atoms with Crippen LogP contribution in [0.3, 0.4) is 0 Å². The number of rotatable bonds is 4. The number of hydrogen-bond acceptors (Lipinski definition) is 4. The Kier molecular flexibility index (Phi) is 4.07. The van der Waals surface area contributed by atoms with Crippen LogP contribution in [0.4, 0.5) is 0 Å². The molecule has 4 heteroatoms. The molecule has 1 aliphatic heterocycles. The van der Waals surface area contributed by atoms with Crippen LogP contribution in [0.5, 0.6) is 0 Å². The monoisotopic (exact) mass is 235 g/mol. The fraction of sp³-hybridized carbons (Fsp3) is 0.692. The molecule has 2 heterocycles. The smallest absolute Gasteiger partial charge is 0.157 e. The quantitative estimate of drug-likeness (QED) is 0.866. The molecule has 1 N–H and O–H groups in total. The molecule has 0 fully saturated rings. The zero-order chi connectivity index (χ0) is 12.3. The van der Waals surface area contributed by atoms with E-state index in [2.05, 4.69) is 29.1 Å². The van der Waals surface area contributed by atoms with Gasteiger partial charge < -0.3 is 10.1 Å². The number of fused-ring (bicyclic) bond motifs is 1. The summed E-state index contributed by atoms with van der Waals surface area (Å²) >= 11 is 0. The second-order valence-electron chi connectivity index (χ2n) is 4.37. The first kappa shape index (κ1) is 12.5. The van der Waals surface area contributed by atoms with Crippen LogP contribution in [-0.2, 0) is 17.7 Å². The van der Waals surface area contributed by atoms with E-state index in [9.17, 15) is 0 Å². The number of ether oxygens (including phenoxy) is 1. The highest BCUT2D eigenvalue weighted by atomic mass is 16.5. The SMILES string of the molecule is CCOC(CC)c1nc(C)c2c(n1)CCNC2. The van der Waals surface area contributed by atoms with Crippen LogP contribution in [0.1, 0.15) is 49.1 Å². The first-order chi connectivity index (χ1) is 8.26. The fourth-order valence-corrected chi connectivity index (χ4v) is 2.26. The molecule has 94 valence electrons. The Morgan fingerprint density at radius 2 is 2.18 bits per heavy atom. The van der Waals surface area contributed by atoms with Gasteiger partial charge in [0.2, 0.25) is 0 Å². The zero-order valence-corrected chi connectivity index (χ0v) is 10.9. The molecule has 1 unspecified atom stereocenters. The van der Waals surface area contributed by atoms with E-state index >= 15 is 0 Å². The van der Waals surface area contributed by atoms with Crippen LogP contribution in [0.25, 0.3) is 0 Å². The molecule has 1 aromatic heterocycles. The molecule has 0 aliphatic carbocycles. The van der Waals surface area contributed by atoms with Crippen LogP contribution in [0.2, 0.25) is 0 Å².